The molecule has 5 heteroatoms. The maximum absolute atomic E-state index is 11.8. The molecule has 0 saturated heterocycles. The lowest BCUT2D eigenvalue weighted by Crippen LogP contribution is -2.36. The van der Waals surface area contributed by atoms with Gasteiger partial charge < -0.3 is 15.8 Å². The number of nitrogens with one attached hydrogen (secondary N) is 1. The fourth-order valence-corrected chi connectivity index (χ4v) is 2.87. The summed E-state index contributed by atoms with van der Waals surface area (Å²) in [5.74, 6) is 0.611. The average Bonchev–Trinajstić information content (AvgIpc) is 2.90. The molecule has 1 fully saturated rings. The SMILES string of the molecule is C[C@H](N)c1cc(Br)ccc1OCC(=O)NC1CCCC1. The van der Waals surface area contributed by atoms with Crippen LogP contribution in [0.3, 0.4) is 0 Å². The van der Waals surface area contributed by atoms with Gasteiger partial charge in [-0.3, -0.25) is 4.79 Å². The Morgan fingerprint density at radius 2 is 2.20 bits per heavy atom. The van der Waals surface area contributed by atoms with E-state index in [1.54, 1.807) is 0 Å². The minimum Gasteiger partial charge on any atom is -0.483 e. The van der Waals surface area contributed by atoms with Crippen LogP contribution < -0.4 is 15.8 Å². The molecule has 110 valence electrons. The standard InChI is InChI=1S/C15H21BrN2O2/c1-10(17)13-8-11(16)6-7-14(13)20-9-15(19)18-12-4-2-3-5-12/h6-8,10,12H,2-5,9,17H2,1H3,(H,18,19)/t10-/m0/s1. The highest BCUT2D eigenvalue weighted by Gasteiger charge is 2.17. The number of benzene rings is 1. The highest BCUT2D eigenvalue weighted by Crippen LogP contribution is 2.27. The van der Waals surface area contributed by atoms with Crippen LogP contribution in [0.1, 0.15) is 44.2 Å². The van der Waals surface area contributed by atoms with Gasteiger partial charge in [-0.15, -0.1) is 0 Å². The van der Waals surface area contributed by atoms with E-state index in [-0.39, 0.29) is 18.6 Å². The number of halogens is 1. The van der Waals surface area contributed by atoms with Crippen LogP contribution in [0.5, 0.6) is 5.75 Å². The Morgan fingerprint density at radius 1 is 1.50 bits per heavy atom. The first-order valence-electron chi connectivity index (χ1n) is 7.03. The third kappa shape index (κ3) is 4.21. The largest absolute Gasteiger partial charge is 0.483 e. The number of rotatable bonds is 5. The first-order valence-corrected chi connectivity index (χ1v) is 7.83. The Morgan fingerprint density at radius 3 is 2.85 bits per heavy atom. The Kier molecular flexibility index (Phi) is 5.43. The van der Waals surface area contributed by atoms with E-state index in [2.05, 4.69) is 21.2 Å². The fourth-order valence-electron chi connectivity index (χ4n) is 2.49. The lowest BCUT2D eigenvalue weighted by molar-refractivity contribution is -0.123. The summed E-state index contributed by atoms with van der Waals surface area (Å²) in [5, 5.41) is 3.00. The molecule has 0 aliphatic heterocycles. The first kappa shape index (κ1) is 15.3. The van der Waals surface area contributed by atoms with Crippen molar-refractivity contribution in [3.63, 3.8) is 0 Å². The van der Waals surface area contributed by atoms with Gasteiger partial charge in [0.1, 0.15) is 5.75 Å². The first-order chi connectivity index (χ1) is 9.56. The minimum atomic E-state index is -0.139. The normalized spacial score (nSPS) is 16.9. The smallest absolute Gasteiger partial charge is 0.258 e. The topological polar surface area (TPSA) is 64.3 Å². The number of ether oxygens (including phenoxy) is 1. The van der Waals surface area contributed by atoms with E-state index >= 15 is 0 Å². The monoisotopic (exact) mass is 340 g/mol. The van der Waals surface area contributed by atoms with Crippen molar-refractivity contribution in [1.29, 1.82) is 0 Å². The van der Waals surface area contributed by atoms with Crippen LogP contribution >= 0.6 is 15.9 Å². The maximum atomic E-state index is 11.8. The van der Waals surface area contributed by atoms with Crippen molar-refractivity contribution in [1.82, 2.24) is 5.32 Å². The molecular formula is C15H21BrN2O2. The van der Waals surface area contributed by atoms with Gasteiger partial charge in [0, 0.05) is 22.1 Å². The van der Waals surface area contributed by atoms with Crippen molar-refractivity contribution in [2.75, 3.05) is 6.61 Å². The number of carbonyl (C=O) groups excluding carboxylic acids is 1. The molecule has 1 aromatic rings. The average molecular weight is 341 g/mol. The third-order valence-electron chi connectivity index (χ3n) is 3.54. The van der Waals surface area contributed by atoms with Crippen LogP contribution in [0.25, 0.3) is 0 Å². The van der Waals surface area contributed by atoms with Crippen LogP contribution in [-0.4, -0.2) is 18.6 Å². The highest BCUT2D eigenvalue weighted by atomic mass is 79.9. The summed E-state index contributed by atoms with van der Waals surface area (Å²) in [6, 6.07) is 5.83. The van der Waals surface area contributed by atoms with Crippen molar-refractivity contribution >= 4 is 21.8 Å². The fraction of sp³-hybridized carbons (Fsp3) is 0.533. The summed E-state index contributed by atoms with van der Waals surface area (Å²) in [7, 11) is 0. The Bertz CT molecular complexity index is 471. The maximum Gasteiger partial charge on any atom is 0.258 e. The van der Waals surface area contributed by atoms with Crippen molar-refractivity contribution < 1.29 is 9.53 Å². The van der Waals surface area contributed by atoms with E-state index in [1.807, 2.05) is 25.1 Å². The molecule has 0 radical (unpaired) electrons. The van der Waals surface area contributed by atoms with Crippen LogP contribution in [0, 0.1) is 0 Å². The van der Waals surface area contributed by atoms with Crippen LogP contribution in [0.2, 0.25) is 0 Å². The molecule has 0 bridgehead atoms. The molecule has 4 nitrogen and oxygen atoms in total. The molecule has 0 unspecified atom stereocenters. The van der Waals surface area contributed by atoms with Gasteiger partial charge in [-0.25, -0.2) is 0 Å². The summed E-state index contributed by atoms with van der Waals surface area (Å²) in [6.45, 7) is 1.94. The Balaban J connectivity index is 1.91. The second-order valence-corrected chi connectivity index (χ2v) is 6.22. The van der Waals surface area contributed by atoms with Gasteiger partial charge >= 0.3 is 0 Å². The molecule has 1 saturated carbocycles. The molecule has 0 spiro atoms. The number of nitrogens with two attached hydrogens (primary N) is 1. The molecule has 0 heterocycles. The summed E-state index contributed by atoms with van der Waals surface area (Å²) >= 11 is 3.41. The van der Waals surface area contributed by atoms with Gasteiger partial charge in [0.25, 0.3) is 5.91 Å². The zero-order valence-corrected chi connectivity index (χ0v) is 13.3. The molecular weight excluding hydrogens is 320 g/mol. The van der Waals surface area contributed by atoms with Crippen molar-refractivity contribution in [3.8, 4) is 5.75 Å². The van der Waals surface area contributed by atoms with Crippen molar-refractivity contribution in [2.45, 2.75) is 44.7 Å². The third-order valence-corrected chi connectivity index (χ3v) is 4.03. The minimum absolute atomic E-state index is 0.0395. The molecule has 0 aromatic heterocycles. The molecule has 1 amide bonds. The van der Waals surface area contributed by atoms with Gasteiger partial charge in [-0.1, -0.05) is 28.8 Å². The molecule has 1 aliphatic carbocycles. The molecule has 1 atom stereocenters. The number of carbonyl (C=O) groups is 1. The van der Waals surface area contributed by atoms with Crippen molar-refractivity contribution in [3.05, 3.63) is 28.2 Å². The van der Waals surface area contributed by atoms with E-state index < -0.39 is 0 Å². The van der Waals surface area contributed by atoms with Crippen LogP contribution in [0.4, 0.5) is 0 Å². The number of amides is 1. The highest BCUT2D eigenvalue weighted by molar-refractivity contribution is 9.10. The molecule has 2 rings (SSSR count). The molecule has 3 N–H and O–H groups in total. The van der Waals surface area contributed by atoms with Gasteiger partial charge in [0.05, 0.1) is 0 Å². The van der Waals surface area contributed by atoms with E-state index in [0.29, 0.717) is 11.8 Å². The van der Waals surface area contributed by atoms with E-state index in [0.717, 1.165) is 22.9 Å². The Hall–Kier alpha value is -1.07. The van der Waals surface area contributed by atoms with Gasteiger partial charge in [0.15, 0.2) is 6.61 Å². The van der Waals surface area contributed by atoms with Gasteiger partial charge in [-0.2, -0.15) is 0 Å². The summed E-state index contributed by atoms with van der Waals surface area (Å²) in [6.07, 6.45) is 4.56. The molecule has 1 aliphatic rings. The number of hydrogen-bond acceptors (Lipinski definition) is 3. The second-order valence-electron chi connectivity index (χ2n) is 5.31. The van der Waals surface area contributed by atoms with Gasteiger partial charge in [0.2, 0.25) is 0 Å². The predicted octanol–water partition coefficient (Wildman–Crippen LogP) is 2.91. The zero-order chi connectivity index (χ0) is 14.5. The molecule has 1 aromatic carbocycles. The number of hydrogen-bond donors (Lipinski definition) is 2. The lowest BCUT2D eigenvalue weighted by atomic mass is 10.1. The van der Waals surface area contributed by atoms with Crippen molar-refractivity contribution in [2.24, 2.45) is 5.73 Å². The predicted molar refractivity (Wildman–Crippen MR) is 82.6 cm³/mol. The second kappa shape index (κ2) is 7.09. The van der Waals surface area contributed by atoms with E-state index in [9.17, 15) is 4.79 Å². The van der Waals surface area contributed by atoms with Gasteiger partial charge in [-0.05, 0) is 38.0 Å². The summed E-state index contributed by atoms with van der Waals surface area (Å²) in [4.78, 5) is 11.8. The Labute approximate surface area is 128 Å². The van der Waals surface area contributed by atoms with E-state index in [1.165, 1.54) is 12.8 Å². The quantitative estimate of drug-likeness (QED) is 0.866. The van der Waals surface area contributed by atoms with E-state index in [4.69, 9.17) is 10.5 Å². The van der Waals surface area contributed by atoms with Crippen LogP contribution in [-0.2, 0) is 4.79 Å². The summed E-state index contributed by atoms with van der Waals surface area (Å²) in [5.41, 5.74) is 6.82. The lowest BCUT2D eigenvalue weighted by Gasteiger charge is -2.16. The summed E-state index contributed by atoms with van der Waals surface area (Å²) < 4.78 is 6.56. The zero-order valence-electron chi connectivity index (χ0n) is 11.7. The molecule has 20 heavy (non-hydrogen) atoms. The van der Waals surface area contributed by atoms with Crippen LogP contribution in [0.15, 0.2) is 22.7 Å².